The Kier molecular flexibility index (Phi) is 4.84. The third-order valence-corrected chi connectivity index (χ3v) is 5.72. The summed E-state index contributed by atoms with van der Waals surface area (Å²) in [6, 6.07) is 7.78. The van der Waals surface area contributed by atoms with E-state index in [1.807, 2.05) is 38.1 Å². The van der Waals surface area contributed by atoms with E-state index in [0.29, 0.717) is 12.1 Å². The Morgan fingerprint density at radius 2 is 1.60 bits per heavy atom. The van der Waals surface area contributed by atoms with Crippen molar-refractivity contribution >= 4 is 11.9 Å². The number of carbonyl (C=O) groups excluding carboxylic acids is 2. The molecule has 0 unspecified atom stereocenters. The summed E-state index contributed by atoms with van der Waals surface area (Å²) in [5.41, 5.74) is 7.18. The number of ether oxygens (including phenoxy) is 1. The Labute approximate surface area is 149 Å². The highest BCUT2D eigenvalue weighted by atomic mass is 16.5. The van der Waals surface area contributed by atoms with Gasteiger partial charge in [0, 0.05) is 5.56 Å². The van der Waals surface area contributed by atoms with Gasteiger partial charge in [-0.25, -0.2) is 4.79 Å². The van der Waals surface area contributed by atoms with Crippen molar-refractivity contribution in [1.82, 2.24) is 0 Å². The standard InChI is InChI=1S/C19H28N3O3/c1-15(2)25-19(24)17-6-4-3-5-16(17)13-21-7-10-22(11-8-21,12-9-21)14-18(20)23/h3-6,15H,7-14H2,1-2H3,(H-,20,23)/q+1/p+1. The second kappa shape index (κ2) is 6.77. The van der Waals surface area contributed by atoms with E-state index < -0.39 is 0 Å². The van der Waals surface area contributed by atoms with Crippen molar-refractivity contribution in [3.8, 4) is 0 Å². The third kappa shape index (κ3) is 3.85. The molecule has 3 saturated heterocycles. The van der Waals surface area contributed by atoms with Gasteiger partial charge in [-0.05, 0) is 19.9 Å². The lowest BCUT2D eigenvalue weighted by atomic mass is 10.0. The van der Waals surface area contributed by atoms with Crippen molar-refractivity contribution in [2.24, 2.45) is 5.73 Å². The number of benzene rings is 1. The van der Waals surface area contributed by atoms with Crippen LogP contribution in [0.3, 0.4) is 0 Å². The summed E-state index contributed by atoms with van der Waals surface area (Å²) in [4.78, 5) is 23.8. The molecule has 3 heterocycles. The molecule has 25 heavy (non-hydrogen) atoms. The zero-order chi connectivity index (χ0) is 18.1. The van der Waals surface area contributed by atoms with E-state index in [1.54, 1.807) is 0 Å². The van der Waals surface area contributed by atoms with Gasteiger partial charge in [-0.2, -0.15) is 0 Å². The van der Waals surface area contributed by atoms with Gasteiger partial charge in [0.2, 0.25) is 0 Å². The maximum atomic E-state index is 12.4. The van der Waals surface area contributed by atoms with Crippen LogP contribution >= 0.6 is 0 Å². The van der Waals surface area contributed by atoms with E-state index in [0.717, 1.165) is 60.3 Å². The van der Waals surface area contributed by atoms with Crippen LogP contribution in [0.4, 0.5) is 0 Å². The van der Waals surface area contributed by atoms with E-state index in [4.69, 9.17) is 10.5 Å². The zero-order valence-electron chi connectivity index (χ0n) is 15.2. The van der Waals surface area contributed by atoms with Gasteiger partial charge >= 0.3 is 5.97 Å². The predicted molar refractivity (Wildman–Crippen MR) is 94.5 cm³/mol. The highest BCUT2D eigenvalue weighted by Crippen LogP contribution is 2.29. The number of amides is 1. The van der Waals surface area contributed by atoms with Crippen molar-refractivity contribution in [2.75, 3.05) is 45.8 Å². The van der Waals surface area contributed by atoms with Crippen LogP contribution in [0.5, 0.6) is 0 Å². The second-order valence-corrected chi connectivity index (χ2v) is 7.92. The lowest BCUT2D eigenvalue weighted by Crippen LogP contribution is -2.75. The van der Waals surface area contributed by atoms with Crippen LogP contribution in [0.25, 0.3) is 0 Å². The average Bonchev–Trinajstić information content (AvgIpc) is 2.56. The Morgan fingerprint density at radius 3 is 2.16 bits per heavy atom. The molecule has 0 saturated carbocycles. The van der Waals surface area contributed by atoms with Crippen molar-refractivity contribution in [3.05, 3.63) is 35.4 Å². The molecule has 0 aliphatic carbocycles. The highest BCUT2D eigenvalue weighted by molar-refractivity contribution is 5.91. The highest BCUT2D eigenvalue weighted by Gasteiger charge is 2.49. The molecule has 0 atom stereocenters. The predicted octanol–water partition coefficient (Wildman–Crippen LogP) is 0.898. The first-order valence-electron chi connectivity index (χ1n) is 9.11. The number of piperazine rings is 3. The number of esters is 1. The number of nitrogens with zero attached hydrogens (tertiary/aromatic N) is 2. The summed E-state index contributed by atoms with van der Waals surface area (Å²) in [6.45, 7) is 11.1. The molecule has 0 spiro atoms. The molecular weight excluding hydrogens is 318 g/mol. The zero-order valence-corrected chi connectivity index (χ0v) is 15.2. The monoisotopic (exact) mass is 347 g/mol. The minimum absolute atomic E-state index is 0.121. The second-order valence-electron chi connectivity index (χ2n) is 7.92. The summed E-state index contributed by atoms with van der Waals surface area (Å²) >= 11 is 0. The molecule has 0 aromatic heterocycles. The maximum Gasteiger partial charge on any atom is 0.338 e. The van der Waals surface area contributed by atoms with Gasteiger partial charge in [-0.1, -0.05) is 18.2 Å². The lowest BCUT2D eigenvalue weighted by Gasteiger charge is -2.55. The SMILES string of the molecule is CC(C)OC(=O)c1ccccc1C[N+]12CC[N+](CC(N)=O)(CC1)CC2. The number of hydrogen-bond acceptors (Lipinski definition) is 3. The molecule has 3 aliphatic rings. The number of primary amides is 1. The van der Waals surface area contributed by atoms with Crippen LogP contribution in [0.1, 0.15) is 29.8 Å². The Bertz CT molecular complexity index is 647. The fraction of sp³-hybridized carbons (Fsp3) is 0.579. The number of hydrogen-bond donors (Lipinski definition) is 1. The number of carbonyl (C=O) groups is 2. The molecule has 1 aromatic carbocycles. The quantitative estimate of drug-likeness (QED) is 0.614. The van der Waals surface area contributed by atoms with Crippen LogP contribution in [0, 0.1) is 0 Å². The summed E-state index contributed by atoms with van der Waals surface area (Å²) in [5.74, 6) is -0.444. The minimum atomic E-state index is -0.239. The van der Waals surface area contributed by atoms with Gasteiger partial charge in [0.1, 0.15) is 45.8 Å². The molecule has 2 bridgehead atoms. The van der Waals surface area contributed by atoms with Crippen LogP contribution in [0.15, 0.2) is 24.3 Å². The fourth-order valence-corrected chi connectivity index (χ4v) is 4.24. The lowest BCUT2D eigenvalue weighted by molar-refractivity contribution is -1.08. The first-order chi connectivity index (χ1) is 11.8. The van der Waals surface area contributed by atoms with Gasteiger partial charge in [0.15, 0.2) is 6.54 Å². The van der Waals surface area contributed by atoms with Gasteiger partial charge in [-0.15, -0.1) is 0 Å². The van der Waals surface area contributed by atoms with Crippen molar-refractivity contribution in [3.63, 3.8) is 0 Å². The molecule has 6 heteroatoms. The van der Waals surface area contributed by atoms with Gasteiger partial charge in [-0.3, -0.25) is 4.79 Å². The maximum absolute atomic E-state index is 12.4. The topological polar surface area (TPSA) is 69.4 Å². The van der Waals surface area contributed by atoms with Crippen LogP contribution in [-0.4, -0.2) is 72.8 Å². The molecule has 1 amide bonds. The van der Waals surface area contributed by atoms with E-state index >= 15 is 0 Å². The van der Waals surface area contributed by atoms with E-state index in [2.05, 4.69) is 0 Å². The van der Waals surface area contributed by atoms with Gasteiger partial charge in [0.25, 0.3) is 5.91 Å². The smallest absolute Gasteiger partial charge is 0.338 e. The number of rotatable bonds is 6. The van der Waals surface area contributed by atoms with Gasteiger partial charge < -0.3 is 19.4 Å². The molecule has 6 nitrogen and oxygen atoms in total. The minimum Gasteiger partial charge on any atom is -0.459 e. The number of fused-ring (bicyclic) bond motifs is 3. The Balaban J connectivity index is 1.74. The van der Waals surface area contributed by atoms with Crippen molar-refractivity contribution in [2.45, 2.75) is 26.5 Å². The summed E-state index contributed by atoms with van der Waals surface area (Å²) in [5, 5.41) is 0. The summed E-state index contributed by atoms with van der Waals surface area (Å²) in [6.07, 6.45) is -0.121. The van der Waals surface area contributed by atoms with E-state index in [-0.39, 0.29) is 18.0 Å². The molecule has 1 aromatic rings. The van der Waals surface area contributed by atoms with Gasteiger partial charge in [0.05, 0.1) is 11.7 Å². The molecule has 0 radical (unpaired) electrons. The Morgan fingerprint density at radius 1 is 1.04 bits per heavy atom. The number of quaternary nitrogens is 2. The summed E-state index contributed by atoms with van der Waals surface area (Å²) in [7, 11) is 0. The van der Waals surface area contributed by atoms with E-state index in [1.165, 1.54) is 0 Å². The van der Waals surface area contributed by atoms with E-state index in [9.17, 15) is 9.59 Å². The summed E-state index contributed by atoms with van der Waals surface area (Å²) < 4.78 is 7.23. The normalized spacial score (nSPS) is 28.1. The van der Waals surface area contributed by atoms with Crippen LogP contribution in [-0.2, 0) is 16.1 Å². The fourth-order valence-electron chi connectivity index (χ4n) is 4.24. The first-order valence-corrected chi connectivity index (χ1v) is 9.11. The largest absolute Gasteiger partial charge is 0.459 e. The van der Waals surface area contributed by atoms with Crippen LogP contribution in [0.2, 0.25) is 0 Å². The molecule has 2 N–H and O–H groups in total. The molecule has 136 valence electrons. The molecular formula is C19H29N3O3+2. The molecule has 3 fully saturated rings. The van der Waals surface area contributed by atoms with Crippen molar-refractivity contribution in [1.29, 1.82) is 0 Å². The van der Waals surface area contributed by atoms with Crippen LogP contribution < -0.4 is 5.73 Å². The number of nitrogens with two attached hydrogens (primary N) is 1. The average molecular weight is 347 g/mol. The molecule has 3 aliphatic heterocycles. The first kappa shape index (κ1) is 17.9. The molecule has 4 rings (SSSR count). The van der Waals surface area contributed by atoms with Crippen molar-refractivity contribution < 1.29 is 23.3 Å². The Hall–Kier alpha value is -1.92. The third-order valence-electron chi connectivity index (χ3n) is 5.72.